The van der Waals surface area contributed by atoms with Crippen LogP contribution >= 0.6 is 0 Å². The minimum atomic E-state index is -1.06. The van der Waals surface area contributed by atoms with Crippen molar-refractivity contribution in [3.05, 3.63) is 59.7 Å². The fourth-order valence-electron chi connectivity index (χ4n) is 2.89. The van der Waals surface area contributed by atoms with Gasteiger partial charge in [-0.2, -0.15) is 0 Å². The number of nitrogens with zero attached hydrogens (tertiary/aromatic N) is 3. The molecule has 0 aliphatic carbocycles. The van der Waals surface area contributed by atoms with Crippen molar-refractivity contribution in [3.63, 3.8) is 0 Å². The summed E-state index contributed by atoms with van der Waals surface area (Å²) in [5.41, 5.74) is 0.792. The number of benzene rings is 2. The zero-order chi connectivity index (χ0) is 21.1. The quantitative estimate of drug-likeness (QED) is 0.655. The van der Waals surface area contributed by atoms with Crippen LogP contribution in [0.15, 0.2) is 40.8 Å². The molecule has 0 bridgehead atoms. The van der Waals surface area contributed by atoms with Crippen molar-refractivity contribution in [2.75, 3.05) is 41.8 Å². The van der Waals surface area contributed by atoms with Gasteiger partial charge in [0.2, 0.25) is 0 Å². The lowest BCUT2D eigenvalue weighted by atomic mass is 10.2. The number of amides is 1. The van der Waals surface area contributed by atoms with E-state index in [1.165, 1.54) is 12.1 Å². The molecule has 1 fully saturated rings. The van der Waals surface area contributed by atoms with E-state index in [9.17, 15) is 18.0 Å². The van der Waals surface area contributed by atoms with Gasteiger partial charge >= 0.3 is 17.8 Å². The summed E-state index contributed by atoms with van der Waals surface area (Å²) in [6.45, 7) is 2.21. The van der Waals surface area contributed by atoms with Gasteiger partial charge in [0.25, 0.3) is 0 Å². The lowest BCUT2D eigenvalue weighted by Gasteiger charge is -2.29. The van der Waals surface area contributed by atoms with Crippen LogP contribution in [-0.2, 0) is 4.74 Å². The third kappa shape index (κ3) is 4.35. The summed E-state index contributed by atoms with van der Waals surface area (Å²) in [5, 5.41) is 12.2. The molecule has 0 spiro atoms. The Hall–Kier alpha value is -3.60. The number of anilines is 4. The average Bonchev–Trinajstić information content (AvgIpc) is 3.20. The van der Waals surface area contributed by atoms with Crippen molar-refractivity contribution in [1.82, 2.24) is 10.2 Å². The van der Waals surface area contributed by atoms with Crippen LogP contribution in [0.2, 0.25) is 0 Å². The molecule has 1 aromatic heterocycles. The topological polar surface area (TPSA) is 92.5 Å². The largest absolute Gasteiger partial charge is 0.399 e. The molecule has 0 radical (unpaired) electrons. The zero-order valence-corrected chi connectivity index (χ0v) is 15.5. The summed E-state index contributed by atoms with van der Waals surface area (Å²) in [7, 11) is 0. The second kappa shape index (κ2) is 8.41. The number of halogens is 3. The summed E-state index contributed by atoms with van der Waals surface area (Å²) in [4.78, 5) is 14.1. The van der Waals surface area contributed by atoms with Crippen molar-refractivity contribution < 1.29 is 27.1 Å². The van der Waals surface area contributed by atoms with Crippen molar-refractivity contribution in [3.8, 4) is 0 Å². The summed E-state index contributed by atoms with van der Waals surface area (Å²) >= 11 is 0. The van der Waals surface area contributed by atoms with Gasteiger partial charge in [-0.1, -0.05) is 5.10 Å². The van der Waals surface area contributed by atoms with E-state index in [0.29, 0.717) is 32.0 Å². The van der Waals surface area contributed by atoms with Crippen LogP contribution in [0.5, 0.6) is 0 Å². The van der Waals surface area contributed by atoms with Gasteiger partial charge in [0.05, 0.1) is 18.9 Å². The highest BCUT2D eigenvalue weighted by molar-refractivity contribution is 6.01. The standard InChI is InChI=1S/C19H16F3N5O3/c20-13-3-1-12(9-14(13)21)24-19-26-25-18(30-19)17(28)23-11-2-4-16(15(22)10-11)27-5-7-29-8-6-27/h1-4,9-10H,5-8H2,(H,23,28)(H,24,26). The van der Waals surface area contributed by atoms with Gasteiger partial charge in [0.1, 0.15) is 5.82 Å². The summed E-state index contributed by atoms with van der Waals surface area (Å²) in [5.74, 6) is -3.68. The highest BCUT2D eigenvalue weighted by Gasteiger charge is 2.18. The van der Waals surface area contributed by atoms with E-state index in [0.717, 1.165) is 12.1 Å². The molecule has 8 nitrogen and oxygen atoms in total. The first kappa shape index (κ1) is 19.7. The lowest BCUT2D eigenvalue weighted by Crippen LogP contribution is -2.36. The Kier molecular flexibility index (Phi) is 5.53. The maximum Gasteiger partial charge on any atom is 0.320 e. The number of carbonyl (C=O) groups is 1. The Balaban J connectivity index is 1.41. The third-order valence-electron chi connectivity index (χ3n) is 4.35. The molecule has 11 heteroatoms. The Bertz CT molecular complexity index is 1070. The summed E-state index contributed by atoms with van der Waals surface area (Å²) in [6.07, 6.45) is 0. The summed E-state index contributed by atoms with van der Waals surface area (Å²) < 4.78 is 51.1. The van der Waals surface area contributed by atoms with Crippen LogP contribution in [-0.4, -0.2) is 42.4 Å². The van der Waals surface area contributed by atoms with Crippen LogP contribution in [0.1, 0.15) is 10.7 Å². The normalized spacial score (nSPS) is 13.9. The second-order valence-corrected chi connectivity index (χ2v) is 6.39. The Morgan fingerprint density at radius 3 is 2.40 bits per heavy atom. The number of carbonyl (C=O) groups excluding carboxylic acids is 1. The monoisotopic (exact) mass is 419 g/mol. The molecule has 3 aromatic rings. The number of nitrogens with one attached hydrogen (secondary N) is 2. The molecule has 1 aliphatic rings. The molecule has 1 amide bonds. The van der Waals surface area contributed by atoms with Crippen molar-refractivity contribution in [1.29, 1.82) is 0 Å². The first-order valence-electron chi connectivity index (χ1n) is 8.99. The van der Waals surface area contributed by atoms with Crippen LogP contribution in [0.25, 0.3) is 0 Å². The fourth-order valence-corrected chi connectivity index (χ4v) is 2.89. The van der Waals surface area contributed by atoms with Gasteiger partial charge in [0.15, 0.2) is 11.6 Å². The minimum absolute atomic E-state index is 0.158. The lowest BCUT2D eigenvalue weighted by molar-refractivity contribution is 0.0991. The molecule has 1 saturated heterocycles. The highest BCUT2D eigenvalue weighted by Crippen LogP contribution is 2.24. The van der Waals surface area contributed by atoms with Crippen molar-refractivity contribution in [2.24, 2.45) is 0 Å². The van der Waals surface area contributed by atoms with Gasteiger partial charge in [0, 0.05) is 30.5 Å². The number of ether oxygens (including phenoxy) is 1. The first-order chi connectivity index (χ1) is 14.5. The van der Waals surface area contributed by atoms with Crippen molar-refractivity contribution in [2.45, 2.75) is 0 Å². The predicted molar refractivity (Wildman–Crippen MR) is 101 cm³/mol. The third-order valence-corrected chi connectivity index (χ3v) is 4.35. The predicted octanol–water partition coefficient (Wildman–Crippen LogP) is 3.32. The SMILES string of the molecule is O=C(Nc1ccc(N2CCOCC2)c(F)c1)c1nnc(Nc2ccc(F)c(F)c2)o1. The number of rotatable bonds is 5. The average molecular weight is 419 g/mol. The minimum Gasteiger partial charge on any atom is -0.399 e. The molecular formula is C19H16F3N5O3. The van der Waals surface area contributed by atoms with Crippen LogP contribution < -0.4 is 15.5 Å². The molecular weight excluding hydrogens is 403 g/mol. The van der Waals surface area contributed by atoms with E-state index < -0.39 is 29.2 Å². The van der Waals surface area contributed by atoms with Gasteiger partial charge in [-0.15, -0.1) is 5.10 Å². The second-order valence-electron chi connectivity index (χ2n) is 6.39. The van der Waals surface area contributed by atoms with Gasteiger partial charge in [-0.3, -0.25) is 4.79 Å². The smallest absolute Gasteiger partial charge is 0.320 e. The number of aromatic nitrogens is 2. The molecule has 2 aromatic carbocycles. The summed E-state index contributed by atoms with van der Waals surface area (Å²) in [6, 6.07) is 7.22. The molecule has 156 valence electrons. The molecule has 0 saturated carbocycles. The molecule has 4 rings (SSSR count). The molecule has 30 heavy (non-hydrogen) atoms. The van der Waals surface area contributed by atoms with Crippen LogP contribution in [0.4, 0.5) is 36.2 Å². The Morgan fingerprint density at radius 1 is 0.933 bits per heavy atom. The van der Waals surface area contributed by atoms with E-state index in [4.69, 9.17) is 9.15 Å². The molecule has 0 unspecified atom stereocenters. The van der Waals surface area contributed by atoms with E-state index >= 15 is 0 Å². The number of hydrogen-bond donors (Lipinski definition) is 2. The molecule has 2 N–H and O–H groups in total. The first-order valence-corrected chi connectivity index (χ1v) is 8.99. The van der Waals surface area contributed by atoms with E-state index in [-0.39, 0.29) is 17.4 Å². The maximum atomic E-state index is 14.4. The van der Waals surface area contributed by atoms with Gasteiger partial charge in [-0.05, 0) is 30.3 Å². The van der Waals surface area contributed by atoms with Crippen LogP contribution in [0.3, 0.4) is 0 Å². The maximum absolute atomic E-state index is 14.4. The number of hydrogen-bond acceptors (Lipinski definition) is 7. The molecule has 0 atom stereocenters. The number of morpholine rings is 1. The van der Waals surface area contributed by atoms with E-state index in [1.54, 1.807) is 12.1 Å². The molecule has 2 heterocycles. The molecule has 1 aliphatic heterocycles. The fraction of sp³-hybridized carbons (Fsp3) is 0.211. The van der Waals surface area contributed by atoms with E-state index in [1.807, 2.05) is 4.90 Å². The van der Waals surface area contributed by atoms with E-state index in [2.05, 4.69) is 20.8 Å². The van der Waals surface area contributed by atoms with Gasteiger partial charge < -0.3 is 24.7 Å². The Labute approximate surface area is 168 Å². The Morgan fingerprint density at radius 2 is 1.67 bits per heavy atom. The van der Waals surface area contributed by atoms with Crippen LogP contribution in [0, 0.1) is 17.5 Å². The van der Waals surface area contributed by atoms with Gasteiger partial charge in [-0.25, -0.2) is 13.2 Å². The zero-order valence-electron chi connectivity index (χ0n) is 15.5. The highest BCUT2D eigenvalue weighted by atomic mass is 19.2. The van der Waals surface area contributed by atoms with Crippen molar-refractivity contribution >= 4 is 29.0 Å².